The Morgan fingerprint density at radius 2 is 1.54 bits per heavy atom. The monoisotopic (exact) mass is 351 g/mol. The summed E-state index contributed by atoms with van der Waals surface area (Å²) in [5.41, 5.74) is 1.88. The molecule has 3 amide bonds. The number of carbonyl (C=O) groups is 2. The fourth-order valence-electron chi connectivity index (χ4n) is 3.23. The Labute approximate surface area is 154 Å². The van der Waals surface area contributed by atoms with E-state index in [2.05, 4.69) is 10.6 Å². The van der Waals surface area contributed by atoms with Crippen LogP contribution in [-0.4, -0.2) is 29.9 Å². The lowest BCUT2D eigenvalue weighted by Gasteiger charge is -2.32. The average molecular weight is 351 g/mol. The van der Waals surface area contributed by atoms with E-state index in [1.54, 1.807) is 4.90 Å². The van der Waals surface area contributed by atoms with Gasteiger partial charge in [0.15, 0.2) is 0 Å². The number of hydrogen-bond donors (Lipinski definition) is 2. The van der Waals surface area contributed by atoms with Crippen molar-refractivity contribution >= 4 is 17.6 Å². The molecule has 3 rings (SSSR count). The number of urea groups is 1. The van der Waals surface area contributed by atoms with Crippen molar-refractivity contribution in [3.05, 3.63) is 66.2 Å². The standard InChI is InChI=1S/C21H25N3O2/c1-16(17-8-4-2-5-9-17)22-20(25)18-12-14-24(15-13-18)21(26)23-19-10-6-3-7-11-19/h2-11,16,18H,12-15H2,1H3,(H,22,25)(H,23,26)/t16-/m0/s1. The minimum absolute atomic E-state index is 0.0110. The minimum atomic E-state index is -0.104. The van der Waals surface area contributed by atoms with E-state index in [1.165, 1.54) is 0 Å². The molecule has 0 spiro atoms. The number of nitrogens with one attached hydrogen (secondary N) is 2. The van der Waals surface area contributed by atoms with Crippen LogP contribution in [0, 0.1) is 5.92 Å². The zero-order valence-corrected chi connectivity index (χ0v) is 15.0. The van der Waals surface area contributed by atoms with Crippen LogP contribution in [-0.2, 0) is 4.79 Å². The molecule has 2 N–H and O–H groups in total. The van der Waals surface area contributed by atoms with Crippen LogP contribution in [0.2, 0.25) is 0 Å². The highest BCUT2D eigenvalue weighted by Crippen LogP contribution is 2.20. The smallest absolute Gasteiger partial charge is 0.321 e. The molecular weight excluding hydrogens is 326 g/mol. The van der Waals surface area contributed by atoms with Gasteiger partial charge < -0.3 is 15.5 Å². The minimum Gasteiger partial charge on any atom is -0.349 e. The van der Waals surface area contributed by atoms with Gasteiger partial charge in [-0.2, -0.15) is 0 Å². The molecule has 1 aliphatic heterocycles. The van der Waals surface area contributed by atoms with Gasteiger partial charge in [0, 0.05) is 24.7 Å². The van der Waals surface area contributed by atoms with Crippen LogP contribution in [0.1, 0.15) is 31.4 Å². The topological polar surface area (TPSA) is 61.4 Å². The highest BCUT2D eigenvalue weighted by molar-refractivity contribution is 5.89. The third-order valence-corrected chi connectivity index (χ3v) is 4.84. The SMILES string of the molecule is C[C@H](NC(=O)C1CCN(C(=O)Nc2ccccc2)CC1)c1ccccc1. The molecule has 0 aromatic heterocycles. The number of carbonyl (C=O) groups excluding carboxylic acids is 2. The van der Waals surface area contributed by atoms with E-state index in [0.29, 0.717) is 25.9 Å². The van der Waals surface area contributed by atoms with Gasteiger partial charge >= 0.3 is 6.03 Å². The van der Waals surface area contributed by atoms with E-state index < -0.39 is 0 Å². The lowest BCUT2D eigenvalue weighted by Crippen LogP contribution is -2.44. The molecule has 1 aliphatic rings. The molecule has 0 radical (unpaired) electrons. The van der Waals surface area contributed by atoms with Crippen molar-refractivity contribution in [2.45, 2.75) is 25.8 Å². The first-order chi connectivity index (χ1) is 12.6. The Hall–Kier alpha value is -2.82. The number of para-hydroxylation sites is 1. The van der Waals surface area contributed by atoms with Crippen LogP contribution in [0.15, 0.2) is 60.7 Å². The van der Waals surface area contributed by atoms with Crippen molar-refractivity contribution in [3.8, 4) is 0 Å². The molecule has 5 heteroatoms. The zero-order valence-electron chi connectivity index (χ0n) is 15.0. The molecule has 0 saturated carbocycles. The molecule has 5 nitrogen and oxygen atoms in total. The second kappa shape index (κ2) is 8.52. The molecule has 26 heavy (non-hydrogen) atoms. The summed E-state index contributed by atoms with van der Waals surface area (Å²) in [7, 11) is 0. The predicted molar refractivity (Wildman–Crippen MR) is 103 cm³/mol. The first-order valence-corrected chi connectivity index (χ1v) is 9.10. The van der Waals surface area contributed by atoms with Gasteiger partial charge in [-0.25, -0.2) is 4.79 Å². The number of rotatable bonds is 4. The number of likely N-dealkylation sites (tertiary alicyclic amines) is 1. The molecule has 136 valence electrons. The molecule has 1 atom stereocenters. The molecule has 0 aliphatic carbocycles. The van der Waals surface area contributed by atoms with Crippen LogP contribution in [0.25, 0.3) is 0 Å². The van der Waals surface area contributed by atoms with Crippen molar-refractivity contribution in [2.75, 3.05) is 18.4 Å². The maximum absolute atomic E-state index is 12.5. The van der Waals surface area contributed by atoms with Gasteiger partial charge in [-0.3, -0.25) is 4.79 Å². The van der Waals surface area contributed by atoms with Crippen molar-refractivity contribution < 1.29 is 9.59 Å². The molecular formula is C21H25N3O2. The Morgan fingerprint density at radius 1 is 0.962 bits per heavy atom. The Kier molecular flexibility index (Phi) is 5.89. The number of benzene rings is 2. The number of piperidine rings is 1. The normalized spacial score (nSPS) is 16.0. The Bertz CT molecular complexity index is 725. The van der Waals surface area contributed by atoms with Gasteiger partial charge in [0.25, 0.3) is 0 Å². The summed E-state index contributed by atoms with van der Waals surface area (Å²) in [6.45, 7) is 3.18. The Balaban J connectivity index is 1.47. The zero-order chi connectivity index (χ0) is 18.4. The summed E-state index contributed by atoms with van der Waals surface area (Å²) in [5.74, 6) is 0.0337. The fraction of sp³-hybridized carbons (Fsp3) is 0.333. The van der Waals surface area contributed by atoms with Gasteiger partial charge in [0.1, 0.15) is 0 Å². The Morgan fingerprint density at radius 3 is 2.15 bits per heavy atom. The van der Waals surface area contributed by atoms with Gasteiger partial charge in [0.2, 0.25) is 5.91 Å². The van der Waals surface area contributed by atoms with Crippen molar-refractivity contribution in [3.63, 3.8) is 0 Å². The summed E-state index contributed by atoms with van der Waals surface area (Å²) >= 11 is 0. The van der Waals surface area contributed by atoms with E-state index in [9.17, 15) is 9.59 Å². The summed E-state index contributed by atoms with van der Waals surface area (Å²) < 4.78 is 0. The third kappa shape index (κ3) is 4.63. The second-order valence-electron chi connectivity index (χ2n) is 6.70. The average Bonchev–Trinajstić information content (AvgIpc) is 2.69. The van der Waals surface area contributed by atoms with Crippen LogP contribution >= 0.6 is 0 Å². The van der Waals surface area contributed by atoms with Crippen molar-refractivity contribution in [2.24, 2.45) is 5.92 Å². The quantitative estimate of drug-likeness (QED) is 0.880. The molecule has 0 bridgehead atoms. The van der Waals surface area contributed by atoms with E-state index in [0.717, 1.165) is 11.3 Å². The molecule has 0 unspecified atom stereocenters. The lowest BCUT2D eigenvalue weighted by molar-refractivity contribution is -0.126. The predicted octanol–water partition coefficient (Wildman–Crippen LogP) is 3.81. The largest absolute Gasteiger partial charge is 0.349 e. The number of nitrogens with zero attached hydrogens (tertiary/aromatic N) is 1. The number of anilines is 1. The first kappa shape index (κ1) is 18.0. The van der Waals surface area contributed by atoms with Crippen LogP contribution in [0.5, 0.6) is 0 Å². The first-order valence-electron chi connectivity index (χ1n) is 9.10. The molecule has 2 aromatic rings. The maximum Gasteiger partial charge on any atom is 0.321 e. The maximum atomic E-state index is 12.5. The van der Waals surface area contributed by atoms with Crippen LogP contribution in [0.3, 0.4) is 0 Å². The molecule has 1 heterocycles. The fourth-order valence-corrected chi connectivity index (χ4v) is 3.23. The van der Waals surface area contributed by atoms with Gasteiger partial charge in [-0.05, 0) is 37.5 Å². The van der Waals surface area contributed by atoms with E-state index in [-0.39, 0.29) is 23.9 Å². The van der Waals surface area contributed by atoms with Gasteiger partial charge in [-0.1, -0.05) is 48.5 Å². The summed E-state index contributed by atoms with van der Waals surface area (Å²) in [5, 5.41) is 5.99. The summed E-state index contributed by atoms with van der Waals surface area (Å²) in [6.07, 6.45) is 1.38. The summed E-state index contributed by atoms with van der Waals surface area (Å²) in [4.78, 5) is 26.6. The highest BCUT2D eigenvalue weighted by Gasteiger charge is 2.28. The third-order valence-electron chi connectivity index (χ3n) is 4.84. The van der Waals surface area contributed by atoms with E-state index in [1.807, 2.05) is 67.6 Å². The number of hydrogen-bond acceptors (Lipinski definition) is 2. The molecule has 2 aromatic carbocycles. The lowest BCUT2D eigenvalue weighted by atomic mass is 9.95. The van der Waals surface area contributed by atoms with Gasteiger partial charge in [-0.15, -0.1) is 0 Å². The number of amides is 3. The van der Waals surface area contributed by atoms with E-state index in [4.69, 9.17) is 0 Å². The van der Waals surface area contributed by atoms with Crippen molar-refractivity contribution in [1.29, 1.82) is 0 Å². The van der Waals surface area contributed by atoms with Crippen molar-refractivity contribution in [1.82, 2.24) is 10.2 Å². The summed E-state index contributed by atoms with van der Waals surface area (Å²) in [6, 6.07) is 19.2. The van der Waals surface area contributed by atoms with E-state index >= 15 is 0 Å². The van der Waals surface area contributed by atoms with Crippen LogP contribution < -0.4 is 10.6 Å². The van der Waals surface area contributed by atoms with Crippen LogP contribution in [0.4, 0.5) is 10.5 Å². The second-order valence-corrected chi connectivity index (χ2v) is 6.70. The highest BCUT2D eigenvalue weighted by atomic mass is 16.2. The van der Waals surface area contributed by atoms with Gasteiger partial charge in [0.05, 0.1) is 6.04 Å². The molecule has 1 fully saturated rings. The molecule has 1 saturated heterocycles.